The van der Waals surface area contributed by atoms with Crippen LogP contribution in [0.15, 0.2) is 34.4 Å². The number of furan rings is 1. The Morgan fingerprint density at radius 2 is 2.40 bits per heavy atom. The molecule has 0 bridgehead atoms. The lowest BCUT2D eigenvalue weighted by atomic mass is 10.00. The van der Waals surface area contributed by atoms with Crippen LogP contribution in [0.4, 0.5) is 0 Å². The second kappa shape index (κ2) is 6.67. The number of hydrogen-bond acceptors (Lipinski definition) is 5. The molecule has 0 aromatic carbocycles. The highest BCUT2D eigenvalue weighted by Crippen LogP contribution is 2.25. The average Bonchev–Trinajstić information content (AvgIpc) is 3.14. The first kappa shape index (κ1) is 14.7. The van der Waals surface area contributed by atoms with Gasteiger partial charge in [-0.15, -0.1) is 11.3 Å². The van der Waals surface area contributed by atoms with Gasteiger partial charge in [-0.1, -0.05) is 6.92 Å². The fourth-order valence-electron chi connectivity index (χ4n) is 1.78. The normalized spacial score (nSPS) is 13.9. The van der Waals surface area contributed by atoms with E-state index in [-0.39, 0.29) is 18.0 Å². The number of thiazole rings is 1. The van der Waals surface area contributed by atoms with Crippen LogP contribution in [0.25, 0.3) is 0 Å². The van der Waals surface area contributed by atoms with Gasteiger partial charge in [-0.2, -0.15) is 0 Å². The SMILES string of the molecule is CC[C@@](C)(NCC(=O)NCc1ccco1)c1nccs1. The summed E-state index contributed by atoms with van der Waals surface area (Å²) in [4.78, 5) is 16.2. The number of hydrogen-bond donors (Lipinski definition) is 2. The Kier molecular flexibility index (Phi) is 4.92. The van der Waals surface area contributed by atoms with E-state index in [0.29, 0.717) is 6.54 Å². The van der Waals surface area contributed by atoms with Crippen molar-refractivity contribution >= 4 is 17.2 Å². The van der Waals surface area contributed by atoms with Gasteiger partial charge < -0.3 is 9.73 Å². The fourth-order valence-corrected chi connectivity index (χ4v) is 2.63. The van der Waals surface area contributed by atoms with Crippen LogP contribution in [0.3, 0.4) is 0 Å². The average molecular weight is 293 g/mol. The van der Waals surface area contributed by atoms with E-state index in [1.165, 1.54) is 0 Å². The molecule has 0 aliphatic carbocycles. The quantitative estimate of drug-likeness (QED) is 0.822. The Bertz CT molecular complexity index is 525. The van der Waals surface area contributed by atoms with Crippen LogP contribution in [-0.4, -0.2) is 17.4 Å². The number of carbonyl (C=O) groups excluding carboxylic acids is 1. The minimum absolute atomic E-state index is 0.0577. The van der Waals surface area contributed by atoms with Crippen LogP contribution in [-0.2, 0) is 16.9 Å². The molecule has 2 N–H and O–H groups in total. The van der Waals surface area contributed by atoms with Crippen LogP contribution in [0.2, 0.25) is 0 Å². The molecule has 2 heterocycles. The van der Waals surface area contributed by atoms with E-state index in [4.69, 9.17) is 4.42 Å². The summed E-state index contributed by atoms with van der Waals surface area (Å²) in [6, 6.07) is 3.63. The van der Waals surface area contributed by atoms with Crippen molar-refractivity contribution in [3.8, 4) is 0 Å². The van der Waals surface area contributed by atoms with E-state index < -0.39 is 0 Å². The molecule has 20 heavy (non-hydrogen) atoms. The molecule has 1 atom stereocenters. The summed E-state index contributed by atoms with van der Waals surface area (Å²) < 4.78 is 5.17. The van der Waals surface area contributed by atoms with Crippen molar-refractivity contribution in [2.75, 3.05) is 6.54 Å². The van der Waals surface area contributed by atoms with E-state index >= 15 is 0 Å². The molecule has 0 saturated carbocycles. The van der Waals surface area contributed by atoms with Crippen molar-refractivity contribution < 1.29 is 9.21 Å². The Labute approximate surface area is 122 Å². The Morgan fingerprint density at radius 1 is 1.55 bits per heavy atom. The molecule has 0 aliphatic heterocycles. The van der Waals surface area contributed by atoms with Gasteiger partial charge in [0.1, 0.15) is 10.8 Å². The number of rotatable bonds is 7. The van der Waals surface area contributed by atoms with Gasteiger partial charge in [0.05, 0.1) is 24.9 Å². The Balaban J connectivity index is 1.82. The number of aromatic nitrogens is 1. The molecule has 0 unspecified atom stereocenters. The third kappa shape index (κ3) is 3.68. The second-order valence-electron chi connectivity index (χ2n) is 4.73. The number of carbonyl (C=O) groups is 1. The largest absolute Gasteiger partial charge is 0.467 e. The van der Waals surface area contributed by atoms with Crippen molar-refractivity contribution in [2.24, 2.45) is 0 Å². The maximum atomic E-state index is 11.8. The number of nitrogens with zero attached hydrogens (tertiary/aromatic N) is 1. The van der Waals surface area contributed by atoms with E-state index in [9.17, 15) is 4.79 Å². The van der Waals surface area contributed by atoms with Crippen LogP contribution >= 0.6 is 11.3 Å². The molecule has 0 radical (unpaired) electrons. The van der Waals surface area contributed by atoms with E-state index in [0.717, 1.165) is 17.2 Å². The predicted octanol–water partition coefficient (Wildman–Crippen LogP) is 2.27. The van der Waals surface area contributed by atoms with Crippen molar-refractivity contribution in [1.82, 2.24) is 15.6 Å². The standard InChI is InChI=1S/C14H19N3O2S/c1-3-14(2,13-15-6-8-20-13)17-10-12(18)16-9-11-5-4-7-19-11/h4-8,17H,3,9-10H2,1-2H3,(H,16,18)/t14-/m1/s1. The minimum Gasteiger partial charge on any atom is -0.467 e. The molecule has 0 aliphatic rings. The number of amides is 1. The third-order valence-corrected chi connectivity index (χ3v) is 4.33. The zero-order chi connectivity index (χ0) is 14.4. The second-order valence-corrected chi connectivity index (χ2v) is 5.63. The van der Waals surface area contributed by atoms with Gasteiger partial charge in [-0.3, -0.25) is 10.1 Å². The zero-order valence-electron chi connectivity index (χ0n) is 11.7. The summed E-state index contributed by atoms with van der Waals surface area (Å²) in [5, 5.41) is 9.04. The number of nitrogens with one attached hydrogen (secondary N) is 2. The van der Waals surface area contributed by atoms with Gasteiger partial charge in [-0.05, 0) is 25.5 Å². The van der Waals surface area contributed by atoms with E-state index in [1.54, 1.807) is 29.9 Å². The first-order valence-electron chi connectivity index (χ1n) is 6.58. The smallest absolute Gasteiger partial charge is 0.234 e. The van der Waals surface area contributed by atoms with Crippen LogP contribution < -0.4 is 10.6 Å². The molecule has 0 spiro atoms. The summed E-state index contributed by atoms with van der Waals surface area (Å²) in [5.74, 6) is 0.689. The Hall–Kier alpha value is -1.66. The summed E-state index contributed by atoms with van der Waals surface area (Å²) in [7, 11) is 0. The highest BCUT2D eigenvalue weighted by atomic mass is 32.1. The molecule has 0 fully saturated rings. The summed E-state index contributed by atoms with van der Waals surface area (Å²) in [5.41, 5.74) is -0.268. The van der Waals surface area contributed by atoms with Crippen LogP contribution in [0, 0.1) is 0 Å². The first-order valence-corrected chi connectivity index (χ1v) is 7.46. The van der Waals surface area contributed by atoms with Crippen molar-refractivity contribution in [1.29, 1.82) is 0 Å². The molecule has 5 nitrogen and oxygen atoms in total. The topological polar surface area (TPSA) is 67.2 Å². The third-order valence-electron chi connectivity index (χ3n) is 3.29. The lowest BCUT2D eigenvalue weighted by molar-refractivity contribution is -0.120. The highest BCUT2D eigenvalue weighted by molar-refractivity contribution is 7.09. The van der Waals surface area contributed by atoms with Crippen LogP contribution in [0.5, 0.6) is 0 Å². The maximum absolute atomic E-state index is 11.8. The minimum atomic E-state index is -0.268. The predicted molar refractivity (Wildman–Crippen MR) is 78.3 cm³/mol. The zero-order valence-corrected chi connectivity index (χ0v) is 12.5. The maximum Gasteiger partial charge on any atom is 0.234 e. The Morgan fingerprint density at radius 3 is 3.00 bits per heavy atom. The van der Waals surface area contributed by atoms with Crippen LogP contribution in [0.1, 0.15) is 31.0 Å². The van der Waals surface area contributed by atoms with Gasteiger partial charge in [0.15, 0.2) is 0 Å². The van der Waals surface area contributed by atoms with E-state index in [2.05, 4.69) is 29.5 Å². The van der Waals surface area contributed by atoms with Crippen molar-refractivity contribution in [3.63, 3.8) is 0 Å². The van der Waals surface area contributed by atoms with Crippen molar-refractivity contribution in [3.05, 3.63) is 40.7 Å². The van der Waals surface area contributed by atoms with E-state index in [1.807, 2.05) is 11.4 Å². The lowest BCUT2D eigenvalue weighted by Crippen LogP contribution is -2.44. The van der Waals surface area contributed by atoms with Gasteiger partial charge in [0, 0.05) is 11.6 Å². The van der Waals surface area contributed by atoms with Gasteiger partial charge in [0.2, 0.25) is 5.91 Å². The molecule has 2 rings (SSSR count). The monoisotopic (exact) mass is 293 g/mol. The summed E-state index contributed by atoms with van der Waals surface area (Å²) >= 11 is 1.60. The molecule has 1 amide bonds. The first-order chi connectivity index (χ1) is 9.64. The molecule has 2 aromatic rings. The highest BCUT2D eigenvalue weighted by Gasteiger charge is 2.27. The van der Waals surface area contributed by atoms with Crippen molar-refractivity contribution in [2.45, 2.75) is 32.4 Å². The molecule has 108 valence electrons. The lowest BCUT2D eigenvalue weighted by Gasteiger charge is -2.27. The molecule has 0 saturated heterocycles. The summed E-state index contributed by atoms with van der Waals surface area (Å²) in [6.07, 6.45) is 4.24. The molecular formula is C14H19N3O2S. The molecule has 2 aromatic heterocycles. The molecular weight excluding hydrogens is 274 g/mol. The van der Waals surface area contributed by atoms with Gasteiger partial charge in [-0.25, -0.2) is 4.98 Å². The fraction of sp³-hybridized carbons (Fsp3) is 0.429. The van der Waals surface area contributed by atoms with Gasteiger partial charge in [0.25, 0.3) is 0 Å². The van der Waals surface area contributed by atoms with Gasteiger partial charge >= 0.3 is 0 Å². The summed E-state index contributed by atoms with van der Waals surface area (Å²) in [6.45, 7) is 4.80. The molecule has 6 heteroatoms.